The molecule has 4 nitrogen and oxygen atoms in total. The van der Waals surface area contributed by atoms with Gasteiger partial charge in [0.05, 0.1) is 17.3 Å². The highest BCUT2D eigenvalue weighted by Gasteiger charge is 2.15. The van der Waals surface area contributed by atoms with Crippen molar-refractivity contribution < 1.29 is 4.42 Å². The maximum atomic E-state index is 6.31. The summed E-state index contributed by atoms with van der Waals surface area (Å²) in [6.07, 6.45) is 3.54. The fraction of sp³-hybridized carbons (Fsp3) is 0.353. The van der Waals surface area contributed by atoms with Gasteiger partial charge in [-0.25, -0.2) is 4.98 Å². The van der Waals surface area contributed by atoms with Gasteiger partial charge in [0.15, 0.2) is 0 Å². The van der Waals surface area contributed by atoms with Crippen LogP contribution < -0.4 is 5.73 Å². The molecule has 0 spiro atoms. The largest absolute Gasteiger partial charge is 0.469 e. The number of imidazole rings is 1. The number of hydrogen-bond donors (Lipinski definition) is 1. The highest BCUT2D eigenvalue weighted by Crippen LogP contribution is 2.22. The van der Waals surface area contributed by atoms with Crippen LogP contribution in [0.25, 0.3) is 11.0 Å². The molecule has 4 heteroatoms. The van der Waals surface area contributed by atoms with Gasteiger partial charge in [0, 0.05) is 24.6 Å². The molecule has 0 amide bonds. The first kappa shape index (κ1) is 13.9. The van der Waals surface area contributed by atoms with Crippen molar-refractivity contribution in [2.75, 3.05) is 0 Å². The van der Waals surface area contributed by atoms with Crippen molar-refractivity contribution in [3.63, 3.8) is 0 Å². The number of nitrogens with zero attached hydrogens (tertiary/aromatic N) is 2. The molecule has 0 saturated carbocycles. The molecule has 0 aliphatic heterocycles. The Balaban J connectivity index is 1.94. The van der Waals surface area contributed by atoms with Gasteiger partial charge in [-0.3, -0.25) is 0 Å². The number of fused-ring (bicyclic) bond motifs is 1. The molecule has 0 aliphatic carbocycles. The lowest BCUT2D eigenvalue weighted by molar-refractivity contribution is 0.526. The van der Waals surface area contributed by atoms with E-state index in [-0.39, 0.29) is 6.04 Å². The Kier molecular flexibility index (Phi) is 3.80. The minimum Gasteiger partial charge on any atom is -0.469 e. The molecule has 2 aromatic heterocycles. The molecule has 110 valence electrons. The lowest BCUT2D eigenvalue weighted by Gasteiger charge is -2.11. The first-order chi connectivity index (χ1) is 10.2. The van der Waals surface area contributed by atoms with Crippen molar-refractivity contribution >= 4 is 11.0 Å². The second kappa shape index (κ2) is 5.74. The minimum absolute atomic E-state index is 0.0881. The summed E-state index contributed by atoms with van der Waals surface area (Å²) in [7, 11) is 0. The van der Waals surface area contributed by atoms with Gasteiger partial charge in [-0.2, -0.15) is 0 Å². The van der Waals surface area contributed by atoms with E-state index < -0.39 is 0 Å². The van der Waals surface area contributed by atoms with E-state index in [0.29, 0.717) is 6.42 Å². The number of aromatic nitrogens is 2. The number of benzene rings is 1. The standard InChI is InChI=1S/C17H21N3O/c1-3-8-20-16-7-5-4-6-15(16)19-17(20)10-14(18)13-9-12(2)21-11-13/h4-7,9,11,14H,3,8,10,18H2,1-2H3. The van der Waals surface area contributed by atoms with Crippen LogP contribution in [0, 0.1) is 6.92 Å². The Morgan fingerprint density at radius 2 is 2.14 bits per heavy atom. The van der Waals surface area contributed by atoms with Gasteiger partial charge in [-0.15, -0.1) is 0 Å². The number of aryl methyl sites for hydroxylation is 2. The molecule has 3 rings (SSSR count). The molecular formula is C17H21N3O. The predicted molar refractivity (Wildman–Crippen MR) is 84.1 cm³/mol. The summed E-state index contributed by atoms with van der Waals surface area (Å²) in [4.78, 5) is 4.76. The molecule has 1 aromatic carbocycles. The topological polar surface area (TPSA) is 57.0 Å². The number of hydrogen-bond acceptors (Lipinski definition) is 3. The van der Waals surface area contributed by atoms with Crippen LogP contribution in [0.3, 0.4) is 0 Å². The molecule has 3 aromatic rings. The number of rotatable bonds is 5. The van der Waals surface area contributed by atoms with Crippen molar-refractivity contribution in [3.8, 4) is 0 Å². The molecule has 2 heterocycles. The van der Waals surface area contributed by atoms with Crippen LogP contribution in [0.1, 0.15) is 36.5 Å². The van der Waals surface area contributed by atoms with Crippen molar-refractivity contribution in [1.29, 1.82) is 0 Å². The lowest BCUT2D eigenvalue weighted by atomic mass is 10.1. The SMILES string of the molecule is CCCn1c(CC(N)c2coc(C)c2)nc2ccccc21. The fourth-order valence-corrected chi connectivity index (χ4v) is 2.73. The van der Waals surface area contributed by atoms with E-state index in [9.17, 15) is 0 Å². The van der Waals surface area contributed by atoms with Gasteiger partial charge in [0.25, 0.3) is 0 Å². The van der Waals surface area contributed by atoms with E-state index >= 15 is 0 Å². The molecule has 0 fully saturated rings. The third-order valence-corrected chi connectivity index (χ3v) is 3.76. The third kappa shape index (κ3) is 2.72. The van der Waals surface area contributed by atoms with Crippen LogP contribution in [0.15, 0.2) is 41.0 Å². The first-order valence-electron chi connectivity index (χ1n) is 7.43. The summed E-state index contributed by atoms with van der Waals surface area (Å²) in [5, 5.41) is 0. The summed E-state index contributed by atoms with van der Waals surface area (Å²) < 4.78 is 7.63. The maximum absolute atomic E-state index is 6.31. The number of furan rings is 1. The summed E-state index contributed by atoms with van der Waals surface area (Å²) in [6.45, 7) is 5.08. The van der Waals surface area contributed by atoms with Gasteiger partial charge in [-0.05, 0) is 31.5 Å². The lowest BCUT2D eigenvalue weighted by Crippen LogP contribution is -2.16. The van der Waals surface area contributed by atoms with Crippen LogP contribution in [0.5, 0.6) is 0 Å². The smallest absolute Gasteiger partial charge is 0.111 e. The van der Waals surface area contributed by atoms with Gasteiger partial charge >= 0.3 is 0 Å². The van der Waals surface area contributed by atoms with Crippen molar-refractivity contribution in [2.24, 2.45) is 5.73 Å². The monoisotopic (exact) mass is 283 g/mol. The number of nitrogens with two attached hydrogens (primary N) is 1. The summed E-state index contributed by atoms with van der Waals surface area (Å²) in [5.74, 6) is 1.94. The summed E-state index contributed by atoms with van der Waals surface area (Å²) >= 11 is 0. The third-order valence-electron chi connectivity index (χ3n) is 3.76. The predicted octanol–water partition coefficient (Wildman–Crippen LogP) is 3.59. The molecule has 2 N–H and O–H groups in total. The second-order valence-corrected chi connectivity index (χ2v) is 5.47. The fourth-order valence-electron chi connectivity index (χ4n) is 2.73. The van der Waals surface area contributed by atoms with Gasteiger partial charge < -0.3 is 14.7 Å². The van der Waals surface area contributed by atoms with Crippen LogP contribution in [-0.2, 0) is 13.0 Å². The first-order valence-corrected chi connectivity index (χ1v) is 7.43. The molecule has 1 unspecified atom stereocenters. The van der Waals surface area contributed by atoms with Crippen LogP contribution in [0.2, 0.25) is 0 Å². The van der Waals surface area contributed by atoms with Gasteiger partial charge in [-0.1, -0.05) is 19.1 Å². The molecular weight excluding hydrogens is 262 g/mol. The van der Waals surface area contributed by atoms with Crippen molar-refractivity contribution in [2.45, 2.75) is 39.3 Å². The van der Waals surface area contributed by atoms with Crippen LogP contribution in [0.4, 0.5) is 0 Å². The van der Waals surface area contributed by atoms with E-state index in [1.807, 2.05) is 19.1 Å². The van der Waals surface area contributed by atoms with Gasteiger partial charge in [0.2, 0.25) is 0 Å². The van der Waals surface area contributed by atoms with Crippen LogP contribution in [-0.4, -0.2) is 9.55 Å². The Labute approximate surface area is 124 Å². The summed E-state index contributed by atoms with van der Waals surface area (Å²) in [6, 6.07) is 10.2. The molecule has 1 atom stereocenters. The average molecular weight is 283 g/mol. The van der Waals surface area contributed by atoms with E-state index in [1.165, 1.54) is 5.52 Å². The Bertz CT molecular complexity index is 741. The molecule has 21 heavy (non-hydrogen) atoms. The maximum Gasteiger partial charge on any atom is 0.111 e. The van der Waals surface area contributed by atoms with Crippen molar-refractivity contribution in [1.82, 2.24) is 9.55 Å². The minimum atomic E-state index is -0.0881. The normalized spacial score (nSPS) is 12.9. The van der Waals surface area contributed by atoms with Crippen LogP contribution >= 0.6 is 0 Å². The van der Waals surface area contributed by atoms with E-state index in [1.54, 1.807) is 6.26 Å². The second-order valence-electron chi connectivity index (χ2n) is 5.47. The van der Waals surface area contributed by atoms with E-state index in [2.05, 4.69) is 29.7 Å². The molecule has 0 bridgehead atoms. The average Bonchev–Trinajstić information content (AvgIpc) is 3.04. The molecule has 0 radical (unpaired) electrons. The van der Waals surface area contributed by atoms with Crippen molar-refractivity contribution in [3.05, 3.63) is 53.7 Å². The molecule has 0 saturated heterocycles. The Morgan fingerprint density at radius 1 is 1.33 bits per heavy atom. The number of para-hydroxylation sites is 2. The zero-order valence-electron chi connectivity index (χ0n) is 12.5. The highest BCUT2D eigenvalue weighted by molar-refractivity contribution is 5.75. The summed E-state index contributed by atoms with van der Waals surface area (Å²) in [5.41, 5.74) is 9.57. The Morgan fingerprint density at radius 3 is 2.86 bits per heavy atom. The van der Waals surface area contributed by atoms with E-state index in [4.69, 9.17) is 15.1 Å². The molecule has 0 aliphatic rings. The quantitative estimate of drug-likeness (QED) is 0.778. The van der Waals surface area contributed by atoms with E-state index in [0.717, 1.165) is 35.6 Å². The zero-order valence-corrected chi connectivity index (χ0v) is 12.5. The zero-order chi connectivity index (χ0) is 14.8. The highest BCUT2D eigenvalue weighted by atomic mass is 16.3. The van der Waals surface area contributed by atoms with Gasteiger partial charge in [0.1, 0.15) is 11.6 Å². The Hall–Kier alpha value is -2.07.